The third-order valence-corrected chi connectivity index (χ3v) is 3.17. The molecule has 0 aliphatic carbocycles. The molecule has 0 aliphatic heterocycles. The second kappa shape index (κ2) is 6.04. The topological polar surface area (TPSA) is 51.6 Å². The highest BCUT2D eigenvalue weighted by Gasteiger charge is 2.06. The van der Waals surface area contributed by atoms with Crippen LogP contribution < -0.4 is 9.47 Å². The number of aliphatic hydroxyl groups excluding tert-OH is 1. The predicted molar refractivity (Wildman–Crippen MR) is 75.6 cm³/mol. The van der Waals surface area contributed by atoms with Gasteiger partial charge in [0.2, 0.25) is 0 Å². The van der Waals surface area contributed by atoms with Gasteiger partial charge in [0.1, 0.15) is 17.2 Å². The first-order valence-corrected chi connectivity index (χ1v) is 6.55. The van der Waals surface area contributed by atoms with Crippen LogP contribution in [0.3, 0.4) is 0 Å². The second-order valence-electron chi connectivity index (χ2n) is 3.99. The van der Waals surface area contributed by atoms with Gasteiger partial charge in [0, 0.05) is 0 Å². The summed E-state index contributed by atoms with van der Waals surface area (Å²) in [6.07, 6.45) is 1.00. The lowest BCUT2D eigenvalue weighted by atomic mass is 10.2. The van der Waals surface area contributed by atoms with Crippen molar-refractivity contribution >= 4 is 15.9 Å². The standard InChI is InChI=1S/C14H14BrNO3/c1-9(17)13-5-3-11(8-16-13)19-14-6-4-10(18-2)7-12(14)15/h3-9,17H,1-2H3/t9-/m1/s1. The highest BCUT2D eigenvalue weighted by molar-refractivity contribution is 9.10. The summed E-state index contributed by atoms with van der Waals surface area (Å²) in [7, 11) is 1.61. The Hall–Kier alpha value is -1.59. The lowest BCUT2D eigenvalue weighted by Gasteiger charge is -2.10. The second-order valence-corrected chi connectivity index (χ2v) is 4.85. The van der Waals surface area contributed by atoms with Crippen molar-refractivity contribution < 1.29 is 14.6 Å². The van der Waals surface area contributed by atoms with Gasteiger partial charge in [-0.05, 0) is 53.2 Å². The minimum absolute atomic E-state index is 0.582. The molecule has 0 fully saturated rings. The summed E-state index contributed by atoms with van der Waals surface area (Å²) in [5, 5.41) is 9.38. The third-order valence-electron chi connectivity index (χ3n) is 2.55. The Morgan fingerprint density at radius 1 is 1.21 bits per heavy atom. The molecule has 1 heterocycles. The number of aliphatic hydroxyl groups is 1. The predicted octanol–water partition coefficient (Wildman–Crippen LogP) is 3.70. The van der Waals surface area contributed by atoms with Gasteiger partial charge in [-0.1, -0.05) is 0 Å². The molecule has 1 aromatic heterocycles. The molecule has 5 heteroatoms. The van der Waals surface area contributed by atoms with Gasteiger partial charge in [0.05, 0.1) is 29.6 Å². The highest BCUT2D eigenvalue weighted by atomic mass is 79.9. The van der Waals surface area contributed by atoms with Gasteiger partial charge < -0.3 is 14.6 Å². The van der Waals surface area contributed by atoms with Crippen LogP contribution in [-0.4, -0.2) is 17.2 Å². The van der Waals surface area contributed by atoms with Crippen LogP contribution in [0.25, 0.3) is 0 Å². The first-order valence-electron chi connectivity index (χ1n) is 5.75. The van der Waals surface area contributed by atoms with Crippen LogP contribution in [0, 0.1) is 0 Å². The number of rotatable bonds is 4. The van der Waals surface area contributed by atoms with Crippen molar-refractivity contribution in [1.82, 2.24) is 4.98 Å². The number of hydrogen-bond donors (Lipinski definition) is 1. The van der Waals surface area contributed by atoms with Gasteiger partial charge in [-0.2, -0.15) is 0 Å². The van der Waals surface area contributed by atoms with E-state index in [1.807, 2.05) is 18.2 Å². The van der Waals surface area contributed by atoms with Gasteiger partial charge in [0.25, 0.3) is 0 Å². The molecule has 0 saturated heterocycles. The molecule has 1 aromatic carbocycles. The minimum atomic E-state index is -0.582. The van der Waals surface area contributed by atoms with Crippen molar-refractivity contribution in [3.63, 3.8) is 0 Å². The molecule has 0 unspecified atom stereocenters. The quantitative estimate of drug-likeness (QED) is 0.932. The molecule has 0 amide bonds. The Kier molecular flexibility index (Phi) is 4.39. The Morgan fingerprint density at radius 3 is 2.47 bits per heavy atom. The normalized spacial score (nSPS) is 12.0. The lowest BCUT2D eigenvalue weighted by molar-refractivity contribution is 0.194. The Labute approximate surface area is 120 Å². The molecule has 0 bridgehead atoms. The van der Waals surface area contributed by atoms with E-state index >= 15 is 0 Å². The fraction of sp³-hybridized carbons (Fsp3) is 0.214. The first kappa shape index (κ1) is 13.8. The van der Waals surface area contributed by atoms with E-state index in [1.54, 1.807) is 32.4 Å². The highest BCUT2D eigenvalue weighted by Crippen LogP contribution is 2.32. The SMILES string of the molecule is COc1ccc(Oc2ccc([C@@H](C)O)nc2)c(Br)c1. The zero-order valence-electron chi connectivity index (χ0n) is 10.6. The van der Waals surface area contributed by atoms with Gasteiger partial charge in [-0.15, -0.1) is 0 Å². The molecule has 1 N–H and O–H groups in total. The third kappa shape index (κ3) is 3.45. The van der Waals surface area contributed by atoms with E-state index in [0.29, 0.717) is 17.2 Å². The number of nitrogens with zero attached hydrogens (tertiary/aromatic N) is 1. The number of ether oxygens (including phenoxy) is 2. The fourth-order valence-corrected chi connectivity index (χ4v) is 1.96. The summed E-state index contributed by atoms with van der Waals surface area (Å²) in [4.78, 5) is 4.12. The Bertz CT molecular complexity index is 555. The molecule has 0 saturated carbocycles. The molecule has 0 spiro atoms. The summed E-state index contributed by atoms with van der Waals surface area (Å²) in [6.45, 7) is 1.67. The number of hydrogen-bond acceptors (Lipinski definition) is 4. The minimum Gasteiger partial charge on any atom is -0.497 e. The van der Waals surface area contributed by atoms with Crippen LogP contribution in [0.4, 0.5) is 0 Å². The van der Waals surface area contributed by atoms with Crippen LogP contribution in [0.5, 0.6) is 17.2 Å². The van der Waals surface area contributed by atoms with E-state index < -0.39 is 6.10 Å². The van der Waals surface area contributed by atoms with Gasteiger partial charge in [-0.3, -0.25) is 4.98 Å². The number of halogens is 1. The van der Waals surface area contributed by atoms with Gasteiger partial charge in [0.15, 0.2) is 0 Å². The van der Waals surface area contributed by atoms with E-state index in [2.05, 4.69) is 20.9 Å². The van der Waals surface area contributed by atoms with E-state index in [0.717, 1.165) is 10.2 Å². The molecule has 0 radical (unpaired) electrons. The van der Waals surface area contributed by atoms with Crippen LogP contribution in [-0.2, 0) is 0 Å². The molecular weight excluding hydrogens is 310 g/mol. The average molecular weight is 324 g/mol. The van der Waals surface area contributed by atoms with E-state index in [9.17, 15) is 5.11 Å². The molecular formula is C14H14BrNO3. The number of aromatic nitrogens is 1. The first-order chi connectivity index (χ1) is 9.10. The van der Waals surface area contributed by atoms with Crippen molar-refractivity contribution in [2.24, 2.45) is 0 Å². The molecule has 1 atom stereocenters. The van der Waals surface area contributed by atoms with E-state index in [4.69, 9.17) is 9.47 Å². The average Bonchev–Trinajstić information content (AvgIpc) is 2.41. The molecule has 2 aromatic rings. The number of pyridine rings is 1. The largest absolute Gasteiger partial charge is 0.497 e. The summed E-state index contributed by atoms with van der Waals surface area (Å²) in [5.74, 6) is 2.03. The van der Waals surface area contributed by atoms with Gasteiger partial charge >= 0.3 is 0 Å². The van der Waals surface area contributed by atoms with Crippen LogP contribution in [0.2, 0.25) is 0 Å². The van der Waals surface area contributed by atoms with E-state index in [-0.39, 0.29) is 0 Å². The molecule has 100 valence electrons. The van der Waals surface area contributed by atoms with Crippen molar-refractivity contribution in [3.8, 4) is 17.2 Å². The van der Waals surface area contributed by atoms with Crippen LogP contribution >= 0.6 is 15.9 Å². The number of benzene rings is 1. The summed E-state index contributed by atoms with van der Waals surface area (Å²) < 4.78 is 11.6. The Balaban J connectivity index is 2.16. The zero-order chi connectivity index (χ0) is 13.8. The zero-order valence-corrected chi connectivity index (χ0v) is 12.2. The summed E-state index contributed by atoms with van der Waals surface area (Å²) in [6, 6.07) is 8.96. The fourth-order valence-electron chi connectivity index (χ4n) is 1.52. The van der Waals surface area contributed by atoms with Crippen LogP contribution in [0.1, 0.15) is 18.7 Å². The summed E-state index contributed by atoms with van der Waals surface area (Å²) in [5.41, 5.74) is 0.612. The van der Waals surface area contributed by atoms with Crippen molar-refractivity contribution in [1.29, 1.82) is 0 Å². The molecule has 4 nitrogen and oxygen atoms in total. The molecule has 0 aliphatic rings. The van der Waals surface area contributed by atoms with Gasteiger partial charge in [-0.25, -0.2) is 0 Å². The Morgan fingerprint density at radius 2 is 1.95 bits per heavy atom. The monoisotopic (exact) mass is 323 g/mol. The maximum atomic E-state index is 9.38. The maximum Gasteiger partial charge on any atom is 0.145 e. The number of methoxy groups -OCH3 is 1. The van der Waals surface area contributed by atoms with Crippen LogP contribution in [0.15, 0.2) is 41.0 Å². The van der Waals surface area contributed by atoms with Crippen molar-refractivity contribution in [2.75, 3.05) is 7.11 Å². The molecule has 19 heavy (non-hydrogen) atoms. The smallest absolute Gasteiger partial charge is 0.145 e. The van der Waals surface area contributed by atoms with Crippen molar-refractivity contribution in [3.05, 3.63) is 46.7 Å². The van der Waals surface area contributed by atoms with E-state index in [1.165, 1.54) is 0 Å². The van der Waals surface area contributed by atoms with Crippen molar-refractivity contribution in [2.45, 2.75) is 13.0 Å². The summed E-state index contributed by atoms with van der Waals surface area (Å²) >= 11 is 3.42. The maximum absolute atomic E-state index is 9.38. The lowest BCUT2D eigenvalue weighted by Crippen LogP contribution is -1.95. The molecule has 2 rings (SSSR count).